The van der Waals surface area contributed by atoms with E-state index in [2.05, 4.69) is 22.4 Å². The van der Waals surface area contributed by atoms with Crippen LogP contribution in [0, 0.1) is 5.92 Å². The van der Waals surface area contributed by atoms with Crippen LogP contribution in [0.4, 0.5) is 19.0 Å². The molecule has 1 fully saturated rings. The van der Waals surface area contributed by atoms with E-state index in [9.17, 15) is 18.0 Å². The molecule has 7 heteroatoms. The van der Waals surface area contributed by atoms with E-state index in [-0.39, 0.29) is 17.9 Å². The second-order valence-electron chi connectivity index (χ2n) is 7.82. The minimum absolute atomic E-state index is 0.0714. The number of nitrogens with zero attached hydrogens (tertiary/aromatic N) is 2. The second-order valence-corrected chi connectivity index (χ2v) is 7.82. The Kier molecular flexibility index (Phi) is 5.48. The number of piperidine rings is 1. The Morgan fingerprint density at radius 2 is 1.83 bits per heavy atom. The van der Waals surface area contributed by atoms with Crippen LogP contribution in [0.1, 0.15) is 48.4 Å². The molecule has 4 rings (SSSR count). The van der Waals surface area contributed by atoms with Gasteiger partial charge in [0.1, 0.15) is 5.82 Å². The summed E-state index contributed by atoms with van der Waals surface area (Å²) in [5, 5.41) is 3.23. The number of aromatic nitrogens is 1. The molecule has 2 aromatic rings. The molecule has 2 aliphatic rings. The fraction of sp³-hybridized carbons (Fsp3) is 0.455. The van der Waals surface area contributed by atoms with Gasteiger partial charge in [0.15, 0.2) is 0 Å². The van der Waals surface area contributed by atoms with Crippen LogP contribution in [0.3, 0.4) is 0 Å². The summed E-state index contributed by atoms with van der Waals surface area (Å²) in [7, 11) is 0. The van der Waals surface area contributed by atoms with Crippen LogP contribution in [-0.4, -0.2) is 24.0 Å². The highest BCUT2D eigenvalue weighted by molar-refractivity contribution is 5.79. The first kappa shape index (κ1) is 19.7. The van der Waals surface area contributed by atoms with Crippen molar-refractivity contribution < 1.29 is 18.0 Å². The molecule has 0 radical (unpaired) electrons. The van der Waals surface area contributed by atoms with Crippen molar-refractivity contribution in [3.63, 3.8) is 0 Å². The molecule has 4 nitrogen and oxygen atoms in total. The van der Waals surface area contributed by atoms with E-state index in [0.717, 1.165) is 31.5 Å². The third-order valence-corrected chi connectivity index (χ3v) is 5.95. The quantitative estimate of drug-likeness (QED) is 0.820. The number of hydrogen-bond donors (Lipinski definition) is 1. The molecule has 1 aliphatic heterocycles. The van der Waals surface area contributed by atoms with Crippen molar-refractivity contribution in [2.75, 3.05) is 18.0 Å². The summed E-state index contributed by atoms with van der Waals surface area (Å²) in [6.07, 6.45) is 0.910. The zero-order valence-corrected chi connectivity index (χ0v) is 16.1. The van der Waals surface area contributed by atoms with E-state index >= 15 is 0 Å². The van der Waals surface area contributed by atoms with Gasteiger partial charge in [-0.25, -0.2) is 4.98 Å². The van der Waals surface area contributed by atoms with Crippen LogP contribution in [0.15, 0.2) is 42.6 Å². The van der Waals surface area contributed by atoms with Crippen molar-refractivity contribution in [3.05, 3.63) is 59.3 Å². The fourth-order valence-electron chi connectivity index (χ4n) is 4.31. The topological polar surface area (TPSA) is 45.2 Å². The maximum atomic E-state index is 12.8. The van der Waals surface area contributed by atoms with Gasteiger partial charge in [0.25, 0.3) is 0 Å². The predicted molar refractivity (Wildman–Crippen MR) is 104 cm³/mol. The third kappa shape index (κ3) is 4.38. The minimum atomic E-state index is -4.38. The first-order valence-electron chi connectivity index (χ1n) is 10.1. The summed E-state index contributed by atoms with van der Waals surface area (Å²) >= 11 is 0. The average Bonchev–Trinajstić information content (AvgIpc) is 2.73. The predicted octanol–water partition coefficient (Wildman–Crippen LogP) is 4.51. The SMILES string of the molecule is O=C(N[C@H]1CCCc2ccccc21)C1CCN(c2ccc(C(F)(F)F)cn2)CC1. The van der Waals surface area contributed by atoms with E-state index in [1.165, 1.54) is 17.2 Å². The number of carbonyl (C=O) groups excluding carboxylic acids is 1. The summed E-state index contributed by atoms with van der Waals surface area (Å²) in [5.41, 5.74) is 1.79. The van der Waals surface area contributed by atoms with E-state index in [0.29, 0.717) is 31.7 Å². The van der Waals surface area contributed by atoms with Crippen LogP contribution in [0.25, 0.3) is 0 Å². The summed E-state index contributed by atoms with van der Waals surface area (Å²) < 4.78 is 38.1. The lowest BCUT2D eigenvalue weighted by atomic mass is 9.87. The molecule has 1 aromatic heterocycles. The van der Waals surface area contributed by atoms with Crippen molar-refractivity contribution in [1.82, 2.24) is 10.3 Å². The number of rotatable bonds is 3. The number of anilines is 1. The normalized spacial score (nSPS) is 20.2. The van der Waals surface area contributed by atoms with Crippen molar-refractivity contribution in [3.8, 4) is 0 Å². The molecule has 0 unspecified atom stereocenters. The van der Waals surface area contributed by atoms with Gasteiger partial charge in [-0.1, -0.05) is 24.3 Å². The molecule has 1 saturated heterocycles. The number of halogens is 3. The number of amides is 1. The molecule has 2 heterocycles. The van der Waals surface area contributed by atoms with Crippen molar-refractivity contribution in [1.29, 1.82) is 0 Å². The van der Waals surface area contributed by atoms with Crippen LogP contribution < -0.4 is 10.2 Å². The van der Waals surface area contributed by atoms with Gasteiger partial charge in [0.05, 0.1) is 11.6 Å². The molecule has 29 heavy (non-hydrogen) atoms. The molecule has 0 spiro atoms. The Balaban J connectivity index is 1.33. The number of carbonyl (C=O) groups is 1. The first-order valence-corrected chi connectivity index (χ1v) is 10.1. The van der Waals surface area contributed by atoms with E-state index in [1.54, 1.807) is 0 Å². The van der Waals surface area contributed by atoms with E-state index in [4.69, 9.17) is 0 Å². The lowest BCUT2D eigenvalue weighted by Crippen LogP contribution is -2.42. The van der Waals surface area contributed by atoms with Crippen LogP contribution >= 0.6 is 0 Å². The monoisotopic (exact) mass is 403 g/mol. The van der Waals surface area contributed by atoms with Crippen molar-refractivity contribution >= 4 is 11.7 Å². The fourth-order valence-corrected chi connectivity index (χ4v) is 4.31. The Bertz CT molecular complexity index is 858. The van der Waals surface area contributed by atoms with Crippen LogP contribution in [-0.2, 0) is 17.4 Å². The minimum Gasteiger partial charge on any atom is -0.357 e. The Labute approximate surface area is 168 Å². The van der Waals surface area contributed by atoms with Gasteiger partial charge in [0.2, 0.25) is 5.91 Å². The van der Waals surface area contributed by atoms with Crippen LogP contribution in [0.5, 0.6) is 0 Å². The maximum Gasteiger partial charge on any atom is 0.417 e. The van der Waals surface area contributed by atoms with E-state index < -0.39 is 11.7 Å². The van der Waals surface area contributed by atoms with Gasteiger partial charge in [-0.3, -0.25) is 4.79 Å². The molecule has 1 N–H and O–H groups in total. The molecular weight excluding hydrogens is 379 g/mol. The van der Waals surface area contributed by atoms with Crippen LogP contribution in [0.2, 0.25) is 0 Å². The number of benzene rings is 1. The standard InChI is InChI=1S/C22H24F3N3O/c23-22(24,25)17-8-9-20(26-14-17)28-12-10-16(11-13-28)21(29)27-19-7-3-5-15-4-1-2-6-18(15)19/h1-2,4,6,8-9,14,16,19H,3,5,7,10-13H2,(H,27,29)/t19-/m0/s1. The number of hydrogen-bond acceptors (Lipinski definition) is 3. The number of alkyl halides is 3. The molecule has 0 saturated carbocycles. The summed E-state index contributed by atoms with van der Waals surface area (Å²) in [5.74, 6) is 0.527. The molecule has 154 valence electrons. The molecule has 1 atom stereocenters. The molecular formula is C22H24F3N3O. The zero-order chi connectivity index (χ0) is 20.4. The highest BCUT2D eigenvalue weighted by Crippen LogP contribution is 2.32. The number of fused-ring (bicyclic) bond motifs is 1. The van der Waals surface area contributed by atoms with Gasteiger partial charge in [-0.15, -0.1) is 0 Å². The average molecular weight is 403 g/mol. The molecule has 0 bridgehead atoms. The summed E-state index contributed by atoms with van der Waals surface area (Å²) in [6.45, 7) is 1.22. The maximum absolute atomic E-state index is 12.8. The zero-order valence-electron chi connectivity index (χ0n) is 16.1. The third-order valence-electron chi connectivity index (χ3n) is 5.95. The van der Waals surface area contributed by atoms with Gasteiger partial charge < -0.3 is 10.2 Å². The molecule has 1 amide bonds. The largest absolute Gasteiger partial charge is 0.417 e. The van der Waals surface area contributed by atoms with Crippen molar-refractivity contribution in [2.24, 2.45) is 5.92 Å². The lowest BCUT2D eigenvalue weighted by molar-refractivity contribution is -0.137. The smallest absolute Gasteiger partial charge is 0.357 e. The molecule has 1 aromatic carbocycles. The Morgan fingerprint density at radius 1 is 1.07 bits per heavy atom. The van der Waals surface area contributed by atoms with Gasteiger partial charge in [-0.05, 0) is 55.4 Å². The summed E-state index contributed by atoms with van der Waals surface area (Å²) in [6, 6.07) is 10.8. The van der Waals surface area contributed by atoms with Crippen molar-refractivity contribution in [2.45, 2.75) is 44.3 Å². The number of aryl methyl sites for hydroxylation is 1. The molecule has 1 aliphatic carbocycles. The first-order chi connectivity index (χ1) is 13.9. The van der Waals surface area contributed by atoms with Gasteiger partial charge >= 0.3 is 6.18 Å². The highest BCUT2D eigenvalue weighted by atomic mass is 19.4. The lowest BCUT2D eigenvalue weighted by Gasteiger charge is -2.34. The number of nitrogens with one attached hydrogen (secondary N) is 1. The van der Waals surface area contributed by atoms with E-state index in [1.807, 2.05) is 17.0 Å². The van der Waals surface area contributed by atoms with Gasteiger partial charge in [-0.2, -0.15) is 13.2 Å². The number of pyridine rings is 1. The summed E-state index contributed by atoms with van der Waals surface area (Å²) in [4.78, 5) is 18.7. The second kappa shape index (κ2) is 8.05. The Hall–Kier alpha value is -2.57. The highest BCUT2D eigenvalue weighted by Gasteiger charge is 2.32. The Morgan fingerprint density at radius 3 is 2.52 bits per heavy atom. The van der Waals surface area contributed by atoms with Gasteiger partial charge in [0, 0.05) is 25.2 Å².